The highest BCUT2D eigenvalue weighted by atomic mass is 16.4. The summed E-state index contributed by atoms with van der Waals surface area (Å²) in [5.74, 6) is -2.05. The van der Waals surface area contributed by atoms with E-state index >= 15 is 0 Å². The molecule has 0 saturated carbocycles. The molecule has 0 unspecified atom stereocenters. The summed E-state index contributed by atoms with van der Waals surface area (Å²) in [6.45, 7) is -0.373. The van der Waals surface area contributed by atoms with Gasteiger partial charge in [-0.3, -0.25) is 9.59 Å². The van der Waals surface area contributed by atoms with Crippen LogP contribution in [0.5, 0.6) is 0 Å². The van der Waals surface area contributed by atoms with Gasteiger partial charge in [-0.15, -0.1) is 0 Å². The largest absolute Gasteiger partial charge is 0.480 e. The highest BCUT2D eigenvalue weighted by Crippen LogP contribution is 1.95. The van der Waals surface area contributed by atoms with Crippen molar-refractivity contribution in [2.75, 3.05) is 6.61 Å². The van der Waals surface area contributed by atoms with E-state index in [0.717, 1.165) is 6.07 Å². The van der Waals surface area contributed by atoms with Crippen LogP contribution in [0.4, 0.5) is 0 Å². The van der Waals surface area contributed by atoms with E-state index in [9.17, 15) is 14.4 Å². The second-order valence-corrected chi connectivity index (χ2v) is 3.30. The number of hydrogen-bond donors (Lipinski definition) is 4. The molecule has 92 valence electrons. The molecule has 4 N–H and O–H groups in total. The van der Waals surface area contributed by atoms with E-state index in [1.54, 1.807) is 0 Å². The summed E-state index contributed by atoms with van der Waals surface area (Å²) in [6.07, 6.45) is 2.43. The van der Waals surface area contributed by atoms with Gasteiger partial charge in [0.2, 0.25) is 0 Å². The molecule has 1 rings (SSSR count). The minimum Gasteiger partial charge on any atom is -0.480 e. The maximum atomic E-state index is 11.6. The van der Waals surface area contributed by atoms with Gasteiger partial charge in [-0.1, -0.05) is 0 Å². The Morgan fingerprint density at radius 1 is 1.47 bits per heavy atom. The third-order valence-electron chi connectivity index (χ3n) is 2.09. The van der Waals surface area contributed by atoms with Crippen LogP contribution in [0.15, 0.2) is 23.3 Å². The maximum Gasteiger partial charge on any atom is 0.326 e. The number of H-pyrrole nitrogens is 1. The number of carboxylic acid groups (broad SMARTS) is 1. The Morgan fingerprint density at radius 2 is 2.18 bits per heavy atom. The first-order valence-corrected chi connectivity index (χ1v) is 4.88. The number of aromatic nitrogens is 1. The predicted molar refractivity (Wildman–Crippen MR) is 57.7 cm³/mol. The average Bonchev–Trinajstić information content (AvgIpc) is 2.28. The van der Waals surface area contributed by atoms with Crippen molar-refractivity contribution in [3.63, 3.8) is 0 Å². The summed E-state index contributed by atoms with van der Waals surface area (Å²) in [7, 11) is 0. The van der Waals surface area contributed by atoms with Gasteiger partial charge in [-0.2, -0.15) is 0 Å². The zero-order valence-corrected chi connectivity index (χ0v) is 8.84. The van der Waals surface area contributed by atoms with E-state index in [2.05, 4.69) is 10.3 Å². The number of amides is 1. The average molecular weight is 240 g/mol. The molecule has 1 aromatic rings. The molecule has 1 atom stereocenters. The van der Waals surface area contributed by atoms with Gasteiger partial charge in [-0.25, -0.2) is 4.79 Å². The number of hydrogen-bond acceptors (Lipinski definition) is 4. The number of aliphatic carboxylic acids is 1. The van der Waals surface area contributed by atoms with Gasteiger partial charge >= 0.3 is 5.97 Å². The first-order valence-electron chi connectivity index (χ1n) is 4.88. The van der Waals surface area contributed by atoms with Crippen molar-refractivity contribution in [2.45, 2.75) is 12.5 Å². The zero-order chi connectivity index (χ0) is 12.8. The molecule has 1 heterocycles. The molecule has 0 aliphatic carbocycles. The first-order chi connectivity index (χ1) is 8.06. The van der Waals surface area contributed by atoms with Crippen molar-refractivity contribution in [2.24, 2.45) is 0 Å². The van der Waals surface area contributed by atoms with Crippen molar-refractivity contribution >= 4 is 11.9 Å². The van der Waals surface area contributed by atoms with Crippen LogP contribution in [0, 0.1) is 0 Å². The van der Waals surface area contributed by atoms with E-state index < -0.39 is 23.3 Å². The van der Waals surface area contributed by atoms with Crippen LogP contribution in [0.25, 0.3) is 0 Å². The van der Waals surface area contributed by atoms with Crippen LogP contribution in [-0.2, 0) is 4.79 Å². The molecular formula is C10H12N2O5. The molecule has 17 heavy (non-hydrogen) atoms. The van der Waals surface area contributed by atoms with Crippen molar-refractivity contribution in [1.29, 1.82) is 0 Å². The van der Waals surface area contributed by atoms with E-state index in [1.807, 2.05) is 0 Å². The number of pyridine rings is 1. The number of carbonyl (C=O) groups is 2. The highest BCUT2D eigenvalue weighted by molar-refractivity contribution is 5.96. The molecule has 0 aliphatic rings. The first kappa shape index (κ1) is 12.9. The molecule has 1 aromatic heterocycles. The molecular weight excluding hydrogens is 228 g/mol. The Bertz CT molecular complexity index is 468. The van der Waals surface area contributed by atoms with E-state index in [4.69, 9.17) is 10.2 Å². The Labute approximate surface area is 96.1 Å². The fourth-order valence-corrected chi connectivity index (χ4v) is 1.22. The zero-order valence-electron chi connectivity index (χ0n) is 8.84. The van der Waals surface area contributed by atoms with Crippen LogP contribution in [0.1, 0.15) is 16.8 Å². The van der Waals surface area contributed by atoms with Gasteiger partial charge in [0, 0.05) is 31.5 Å². The Kier molecular flexibility index (Phi) is 4.41. The Morgan fingerprint density at radius 3 is 2.71 bits per heavy atom. The second kappa shape index (κ2) is 5.80. The lowest BCUT2D eigenvalue weighted by Crippen LogP contribution is -2.42. The van der Waals surface area contributed by atoms with Gasteiger partial charge in [0.1, 0.15) is 11.6 Å². The number of rotatable bonds is 5. The Hall–Kier alpha value is -2.15. The quantitative estimate of drug-likeness (QED) is 0.523. The molecule has 0 aromatic carbocycles. The monoisotopic (exact) mass is 240 g/mol. The number of nitrogens with one attached hydrogen (secondary N) is 2. The molecule has 0 bridgehead atoms. The summed E-state index contributed by atoms with van der Waals surface area (Å²) < 4.78 is 0. The number of aliphatic hydroxyl groups excluding tert-OH is 1. The third-order valence-corrected chi connectivity index (χ3v) is 2.09. The molecule has 0 radical (unpaired) electrons. The van der Waals surface area contributed by atoms with Crippen molar-refractivity contribution in [3.8, 4) is 0 Å². The summed E-state index contributed by atoms with van der Waals surface area (Å²) >= 11 is 0. The minimum absolute atomic E-state index is 0.119. The molecule has 0 fully saturated rings. The van der Waals surface area contributed by atoms with E-state index in [1.165, 1.54) is 12.4 Å². The van der Waals surface area contributed by atoms with Crippen molar-refractivity contribution in [1.82, 2.24) is 10.3 Å². The summed E-state index contributed by atoms with van der Waals surface area (Å²) in [6, 6.07) is -0.0522. The van der Waals surface area contributed by atoms with Gasteiger partial charge in [-0.05, 0) is 0 Å². The van der Waals surface area contributed by atoms with Gasteiger partial charge in [0.25, 0.3) is 5.91 Å². The molecule has 0 spiro atoms. The highest BCUT2D eigenvalue weighted by Gasteiger charge is 2.21. The fourth-order valence-electron chi connectivity index (χ4n) is 1.22. The topological polar surface area (TPSA) is 119 Å². The number of carboxylic acids is 1. The van der Waals surface area contributed by atoms with Crippen LogP contribution < -0.4 is 10.7 Å². The lowest BCUT2D eigenvalue weighted by Gasteiger charge is -2.12. The fraction of sp³-hybridized carbons (Fsp3) is 0.300. The lowest BCUT2D eigenvalue weighted by atomic mass is 10.2. The standard InChI is InChI=1S/C10H12N2O5/c13-4-2-7(10(16)17)12-9(15)6-5-11-3-1-8(6)14/h1,3,5,7,13H,2,4H2,(H,11,14)(H,12,15)(H,16,17)/t7-/m0/s1. The summed E-state index contributed by atoms with van der Waals surface area (Å²) in [4.78, 5) is 36.2. The van der Waals surface area contributed by atoms with Crippen LogP contribution in [-0.4, -0.2) is 39.7 Å². The van der Waals surface area contributed by atoms with Crippen LogP contribution in [0.2, 0.25) is 0 Å². The van der Waals surface area contributed by atoms with Crippen LogP contribution >= 0.6 is 0 Å². The number of aliphatic hydroxyl groups is 1. The van der Waals surface area contributed by atoms with Gasteiger partial charge in [0.15, 0.2) is 5.43 Å². The molecule has 0 saturated heterocycles. The third kappa shape index (κ3) is 3.42. The van der Waals surface area contributed by atoms with E-state index in [0.29, 0.717) is 0 Å². The Balaban J connectivity index is 2.81. The van der Waals surface area contributed by atoms with Crippen molar-refractivity contribution in [3.05, 3.63) is 34.2 Å². The molecule has 7 heteroatoms. The predicted octanol–water partition coefficient (Wildman–Crippen LogP) is -1.06. The number of carbonyl (C=O) groups excluding carboxylic acids is 1. The van der Waals surface area contributed by atoms with Gasteiger partial charge in [0.05, 0.1) is 0 Å². The smallest absolute Gasteiger partial charge is 0.326 e. The molecule has 7 nitrogen and oxygen atoms in total. The van der Waals surface area contributed by atoms with E-state index in [-0.39, 0.29) is 18.6 Å². The molecule has 0 aliphatic heterocycles. The maximum absolute atomic E-state index is 11.6. The second-order valence-electron chi connectivity index (χ2n) is 3.30. The minimum atomic E-state index is -1.26. The van der Waals surface area contributed by atoms with Crippen molar-refractivity contribution < 1.29 is 19.8 Å². The molecule has 1 amide bonds. The number of aromatic amines is 1. The normalized spacial score (nSPS) is 11.8. The van der Waals surface area contributed by atoms with Gasteiger partial charge < -0.3 is 20.5 Å². The summed E-state index contributed by atoms with van der Waals surface area (Å²) in [5.41, 5.74) is -0.675. The summed E-state index contributed by atoms with van der Waals surface area (Å²) in [5, 5.41) is 19.6. The lowest BCUT2D eigenvalue weighted by molar-refractivity contribution is -0.139. The van der Waals surface area contributed by atoms with Crippen LogP contribution in [0.3, 0.4) is 0 Å². The SMILES string of the molecule is O=C(N[C@@H](CCO)C(=O)O)c1c[nH]ccc1=O.